The number of ether oxygens (including phenoxy) is 2. The van der Waals surface area contributed by atoms with E-state index in [1.807, 2.05) is 13.1 Å². The van der Waals surface area contributed by atoms with Crippen LogP contribution < -0.4 is 10.1 Å². The normalized spacial score (nSPS) is 36.2. The van der Waals surface area contributed by atoms with Gasteiger partial charge in [0.25, 0.3) is 0 Å². The number of likely N-dealkylation sites (N-methyl/N-ethyl adjacent to an activating group) is 1. The Labute approximate surface area is 174 Å². The highest BCUT2D eigenvalue weighted by molar-refractivity contribution is 5.94. The molecule has 5 rings (SSSR count). The van der Waals surface area contributed by atoms with Crippen LogP contribution in [0.15, 0.2) is 24.3 Å². The molecule has 1 amide bonds. The predicted molar refractivity (Wildman–Crippen MR) is 106 cm³/mol. The largest absolute Gasteiger partial charge is 0.504 e. The molecule has 1 saturated heterocycles. The van der Waals surface area contributed by atoms with Crippen molar-refractivity contribution in [1.82, 2.24) is 10.2 Å². The number of piperidine rings is 1. The van der Waals surface area contributed by atoms with Gasteiger partial charge in [-0.05, 0) is 50.9 Å². The summed E-state index contributed by atoms with van der Waals surface area (Å²) in [6.07, 6.45) is 4.16. The number of aromatic hydroxyl groups is 1. The fourth-order valence-electron chi connectivity index (χ4n) is 6.34. The number of esters is 1. The highest BCUT2D eigenvalue weighted by Gasteiger charge is 2.72. The van der Waals surface area contributed by atoms with E-state index in [0.29, 0.717) is 31.4 Å². The maximum atomic E-state index is 12.4. The molecule has 2 fully saturated rings. The van der Waals surface area contributed by atoms with Gasteiger partial charge in [-0.15, -0.1) is 0 Å². The highest BCUT2D eigenvalue weighted by Crippen LogP contribution is 2.65. The molecule has 2 aliphatic carbocycles. The van der Waals surface area contributed by atoms with Crippen LogP contribution in [0.5, 0.6) is 11.5 Å². The number of nitrogens with zero attached hydrogens (tertiary/aromatic N) is 1. The molecule has 0 radical (unpaired) electrons. The Hall–Kier alpha value is -2.58. The van der Waals surface area contributed by atoms with Crippen LogP contribution in [0.2, 0.25) is 0 Å². The van der Waals surface area contributed by atoms with Crippen LogP contribution in [0, 0.1) is 0 Å². The van der Waals surface area contributed by atoms with Gasteiger partial charge >= 0.3 is 5.97 Å². The van der Waals surface area contributed by atoms with Gasteiger partial charge in [0.2, 0.25) is 5.91 Å². The highest BCUT2D eigenvalue weighted by atomic mass is 16.5. The second-order valence-corrected chi connectivity index (χ2v) is 8.84. The molecule has 8 nitrogen and oxygen atoms in total. The number of benzene rings is 1. The van der Waals surface area contributed by atoms with E-state index in [0.717, 1.165) is 29.8 Å². The molecule has 3 N–H and O–H groups in total. The van der Waals surface area contributed by atoms with Crippen LogP contribution in [0.3, 0.4) is 0 Å². The van der Waals surface area contributed by atoms with Gasteiger partial charge in [-0.3, -0.25) is 4.79 Å². The lowest BCUT2D eigenvalue weighted by Crippen LogP contribution is -2.77. The van der Waals surface area contributed by atoms with Crippen LogP contribution in [-0.2, 0) is 26.2 Å². The number of carbonyl (C=O) groups is 2. The second kappa shape index (κ2) is 6.46. The average molecular weight is 414 g/mol. The fourth-order valence-corrected chi connectivity index (χ4v) is 6.34. The van der Waals surface area contributed by atoms with Gasteiger partial charge in [-0.1, -0.05) is 6.07 Å². The first-order valence-electron chi connectivity index (χ1n) is 10.3. The minimum atomic E-state index is -1.00. The summed E-state index contributed by atoms with van der Waals surface area (Å²) in [4.78, 5) is 26.0. The van der Waals surface area contributed by atoms with Gasteiger partial charge in [-0.2, -0.15) is 0 Å². The van der Waals surface area contributed by atoms with Crippen molar-refractivity contribution in [2.75, 3.05) is 20.7 Å². The molecule has 5 atom stereocenters. The third kappa shape index (κ3) is 2.34. The van der Waals surface area contributed by atoms with E-state index in [9.17, 15) is 19.8 Å². The lowest BCUT2D eigenvalue weighted by molar-refractivity contribution is -0.187. The van der Waals surface area contributed by atoms with Gasteiger partial charge in [0.1, 0.15) is 6.10 Å². The minimum absolute atomic E-state index is 0.0452. The third-order valence-corrected chi connectivity index (χ3v) is 7.63. The van der Waals surface area contributed by atoms with Gasteiger partial charge in [0, 0.05) is 23.8 Å². The van der Waals surface area contributed by atoms with Gasteiger partial charge in [0.05, 0.1) is 24.2 Å². The van der Waals surface area contributed by atoms with Gasteiger partial charge < -0.3 is 29.9 Å². The summed E-state index contributed by atoms with van der Waals surface area (Å²) in [5.74, 6) is -0.527. The maximum absolute atomic E-state index is 12.4. The first-order chi connectivity index (χ1) is 14.3. The van der Waals surface area contributed by atoms with E-state index in [1.54, 1.807) is 6.07 Å². The predicted octanol–water partition coefficient (Wildman–Crippen LogP) is 0.390. The first-order valence-corrected chi connectivity index (χ1v) is 10.3. The number of phenols is 1. The Morgan fingerprint density at radius 1 is 1.33 bits per heavy atom. The zero-order valence-electron chi connectivity index (χ0n) is 17.1. The molecule has 30 heavy (non-hydrogen) atoms. The molecule has 2 bridgehead atoms. The van der Waals surface area contributed by atoms with Crippen LogP contribution >= 0.6 is 0 Å². The number of methoxy groups -OCH3 is 1. The number of amides is 1. The Morgan fingerprint density at radius 2 is 2.13 bits per heavy atom. The molecule has 3 unspecified atom stereocenters. The summed E-state index contributed by atoms with van der Waals surface area (Å²) in [7, 11) is 3.29. The van der Waals surface area contributed by atoms with Crippen LogP contribution in [0.25, 0.3) is 0 Å². The molecular formula is C22H26N2O6. The van der Waals surface area contributed by atoms with Crippen LogP contribution in [-0.4, -0.2) is 71.5 Å². The summed E-state index contributed by atoms with van der Waals surface area (Å²) in [5.41, 5.74) is 0.306. The number of hydrogen-bond donors (Lipinski definition) is 3. The molecule has 1 spiro atoms. The Balaban J connectivity index is 1.56. The number of nitrogens with one attached hydrogen (secondary N) is 1. The van der Waals surface area contributed by atoms with Crippen molar-refractivity contribution in [3.05, 3.63) is 35.4 Å². The lowest BCUT2D eigenvalue weighted by atomic mass is 9.48. The summed E-state index contributed by atoms with van der Waals surface area (Å²) >= 11 is 0. The molecule has 8 heteroatoms. The van der Waals surface area contributed by atoms with Crippen molar-refractivity contribution < 1.29 is 29.3 Å². The molecule has 2 aliphatic heterocycles. The number of carbonyl (C=O) groups excluding carboxylic acids is 2. The standard InChI is InChI=1S/C22H26N2O6/c1-24-10-9-21-18-12-3-4-14(25)19(18)30-20(21)13(7-8-22(21,28)15(24)11-12)23-16(26)5-6-17(27)29-2/h3-6,13,15,20,25,28H,7-11H2,1-2H3,(H,23,26)/b6-5+/t13-,15?,20?,21?,22-/m1/s1. The number of likely N-dealkylation sites (tertiary alicyclic amines) is 1. The van der Waals surface area contributed by atoms with Crippen LogP contribution in [0.4, 0.5) is 0 Å². The zero-order chi connectivity index (χ0) is 21.3. The molecule has 0 aromatic heterocycles. The minimum Gasteiger partial charge on any atom is -0.504 e. The van der Waals surface area contributed by atoms with Crippen molar-refractivity contribution in [2.24, 2.45) is 0 Å². The zero-order valence-corrected chi connectivity index (χ0v) is 17.1. The van der Waals surface area contributed by atoms with Crippen molar-refractivity contribution in [1.29, 1.82) is 0 Å². The van der Waals surface area contributed by atoms with Crippen molar-refractivity contribution in [2.45, 2.75) is 54.9 Å². The van der Waals surface area contributed by atoms with E-state index < -0.39 is 29.0 Å². The Bertz CT molecular complexity index is 961. The maximum Gasteiger partial charge on any atom is 0.330 e. The quantitative estimate of drug-likeness (QED) is 0.485. The summed E-state index contributed by atoms with van der Waals surface area (Å²) in [5, 5.41) is 25.5. The smallest absolute Gasteiger partial charge is 0.330 e. The number of hydrogen-bond acceptors (Lipinski definition) is 7. The molecular weight excluding hydrogens is 388 g/mol. The summed E-state index contributed by atoms with van der Waals surface area (Å²) < 4.78 is 10.8. The molecule has 1 aromatic rings. The van der Waals surface area contributed by atoms with E-state index in [2.05, 4.69) is 15.0 Å². The van der Waals surface area contributed by atoms with Crippen molar-refractivity contribution in [3.8, 4) is 11.5 Å². The fraction of sp³-hybridized carbons (Fsp3) is 0.545. The summed E-state index contributed by atoms with van der Waals surface area (Å²) in [6.45, 7) is 0.796. The Morgan fingerprint density at radius 3 is 2.90 bits per heavy atom. The van der Waals surface area contributed by atoms with Crippen molar-refractivity contribution in [3.63, 3.8) is 0 Å². The molecule has 160 valence electrons. The van der Waals surface area contributed by atoms with E-state index in [-0.39, 0.29) is 17.8 Å². The van der Waals surface area contributed by atoms with Crippen LogP contribution in [0.1, 0.15) is 30.4 Å². The summed E-state index contributed by atoms with van der Waals surface area (Å²) in [6, 6.07) is 3.17. The van der Waals surface area contributed by atoms with E-state index >= 15 is 0 Å². The van der Waals surface area contributed by atoms with E-state index in [4.69, 9.17) is 4.74 Å². The van der Waals surface area contributed by atoms with Gasteiger partial charge in [-0.25, -0.2) is 4.79 Å². The number of rotatable bonds is 3. The van der Waals surface area contributed by atoms with Crippen molar-refractivity contribution >= 4 is 11.9 Å². The number of phenolic OH excluding ortho intramolecular Hbond substituents is 1. The SMILES string of the molecule is COC(=O)/C=C/C(=O)N[C@@H]1CC[C@@]2(O)C3Cc4ccc(O)c5c4C2(CCN3C)C1O5. The van der Waals surface area contributed by atoms with E-state index in [1.165, 1.54) is 7.11 Å². The molecule has 2 heterocycles. The molecule has 1 aromatic carbocycles. The monoisotopic (exact) mass is 414 g/mol. The molecule has 4 aliphatic rings. The second-order valence-electron chi connectivity index (χ2n) is 8.84. The first kappa shape index (κ1) is 19.4. The lowest BCUT2D eigenvalue weighted by Gasteiger charge is -2.63. The molecule has 1 saturated carbocycles. The number of aliphatic hydroxyl groups is 1. The van der Waals surface area contributed by atoms with Gasteiger partial charge in [0.15, 0.2) is 11.5 Å². The Kier molecular flexibility index (Phi) is 4.17. The average Bonchev–Trinajstić information content (AvgIpc) is 3.08. The topological polar surface area (TPSA) is 108 Å². The third-order valence-electron chi connectivity index (χ3n) is 7.63.